The average Bonchev–Trinajstić information content (AvgIpc) is 2.90. The Kier molecular flexibility index (Phi) is 3.91. The summed E-state index contributed by atoms with van der Waals surface area (Å²) >= 11 is 1.62. The third-order valence-electron chi connectivity index (χ3n) is 2.46. The molecule has 0 aliphatic rings. The molecule has 0 bridgehead atoms. The molecule has 0 aliphatic carbocycles. The minimum absolute atomic E-state index is 0.127. The molecule has 0 saturated carbocycles. The van der Waals surface area contributed by atoms with Crippen molar-refractivity contribution >= 4 is 23.1 Å². The Bertz CT molecular complexity index is 527. The minimum atomic E-state index is -0.127. The monoisotopic (exact) mass is 262 g/mol. The van der Waals surface area contributed by atoms with Crippen LogP contribution in [0.3, 0.4) is 0 Å². The van der Waals surface area contributed by atoms with Gasteiger partial charge >= 0.3 is 0 Å². The Labute approximate surface area is 109 Å². The topological polar surface area (TPSA) is 71.2 Å². The smallest absolute Gasteiger partial charge is 0.272 e. The van der Waals surface area contributed by atoms with Crippen LogP contribution in [0, 0.1) is 0 Å². The number of carbonyl (C=O) groups excluding carboxylic acids is 1. The Hall–Kier alpha value is -1.92. The number of aromatic nitrogens is 1. The quantitative estimate of drug-likeness (QED) is 0.650. The molecule has 0 aliphatic heterocycles. The van der Waals surface area contributed by atoms with E-state index in [2.05, 4.69) is 10.4 Å². The molecule has 0 unspecified atom stereocenters. The van der Waals surface area contributed by atoms with Crippen LogP contribution in [0.5, 0.6) is 0 Å². The molecule has 18 heavy (non-hydrogen) atoms. The SMILES string of the molecule is CN(Cc1ccsc1)C(=O)c1cccc(NN)n1. The van der Waals surface area contributed by atoms with Gasteiger partial charge in [-0.1, -0.05) is 6.07 Å². The highest BCUT2D eigenvalue weighted by molar-refractivity contribution is 7.07. The van der Waals surface area contributed by atoms with Crippen LogP contribution >= 0.6 is 11.3 Å². The number of nitrogens with one attached hydrogen (secondary N) is 1. The van der Waals surface area contributed by atoms with Crippen molar-refractivity contribution in [3.8, 4) is 0 Å². The molecule has 0 aromatic carbocycles. The number of carbonyl (C=O) groups is 1. The maximum Gasteiger partial charge on any atom is 0.272 e. The zero-order valence-electron chi connectivity index (χ0n) is 9.96. The number of nitrogens with zero attached hydrogens (tertiary/aromatic N) is 2. The van der Waals surface area contributed by atoms with Crippen molar-refractivity contribution in [1.29, 1.82) is 0 Å². The molecular formula is C12H14N4OS. The summed E-state index contributed by atoms with van der Waals surface area (Å²) in [6.45, 7) is 0.574. The number of pyridine rings is 1. The standard InChI is InChI=1S/C12H14N4OS/c1-16(7-9-5-6-18-8-9)12(17)10-3-2-4-11(14-10)15-13/h2-6,8H,7,13H2,1H3,(H,14,15). The Morgan fingerprint density at radius 2 is 2.33 bits per heavy atom. The highest BCUT2D eigenvalue weighted by Gasteiger charge is 2.13. The van der Waals surface area contributed by atoms with Crippen LogP contribution in [0.15, 0.2) is 35.0 Å². The Morgan fingerprint density at radius 3 is 3.00 bits per heavy atom. The van der Waals surface area contributed by atoms with Crippen LogP contribution in [-0.2, 0) is 6.54 Å². The van der Waals surface area contributed by atoms with E-state index in [-0.39, 0.29) is 5.91 Å². The molecule has 2 aromatic heterocycles. The van der Waals surface area contributed by atoms with Gasteiger partial charge in [0.25, 0.3) is 5.91 Å². The molecule has 2 aromatic rings. The first-order valence-corrected chi connectivity index (χ1v) is 6.35. The summed E-state index contributed by atoms with van der Waals surface area (Å²) in [5.41, 5.74) is 3.92. The Balaban J connectivity index is 2.10. The normalized spacial score (nSPS) is 10.1. The molecule has 0 spiro atoms. The first-order valence-electron chi connectivity index (χ1n) is 5.41. The predicted molar refractivity (Wildman–Crippen MR) is 72.2 cm³/mol. The first-order chi connectivity index (χ1) is 8.70. The van der Waals surface area contributed by atoms with Crippen molar-refractivity contribution in [1.82, 2.24) is 9.88 Å². The number of nitrogen functional groups attached to an aromatic ring is 1. The summed E-state index contributed by atoms with van der Waals surface area (Å²) in [6, 6.07) is 7.12. The van der Waals surface area contributed by atoms with Crippen molar-refractivity contribution in [2.24, 2.45) is 5.84 Å². The average molecular weight is 262 g/mol. The molecule has 0 atom stereocenters. The molecular weight excluding hydrogens is 248 g/mol. The third-order valence-corrected chi connectivity index (χ3v) is 3.19. The van der Waals surface area contributed by atoms with Crippen LogP contribution in [0.4, 0.5) is 5.82 Å². The van der Waals surface area contributed by atoms with Crippen LogP contribution in [0.2, 0.25) is 0 Å². The number of hydrazine groups is 1. The lowest BCUT2D eigenvalue weighted by Gasteiger charge is -2.16. The van der Waals surface area contributed by atoms with E-state index in [1.807, 2.05) is 16.8 Å². The van der Waals surface area contributed by atoms with Crippen molar-refractivity contribution < 1.29 is 4.79 Å². The van der Waals surface area contributed by atoms with Gasteiger partial charge in [-0.2, -0.15) is 11.3 Å². The second-order valence-electron chi connectivity index (χ2n) is 3.85. The molecule has 0 radical (unpaired) electrons. The lowest BCUT2D eigenvalue weighted by atomic mass is 10.3. The largest absolute Gasteiger partial charge is 0.336 e. The third kappa shape index (κ3) is 2.85. The van der Waals surface area contributed by atoms with Crippen molar-refractivity contribution in [2.45, 2.75) is 6.54 Å². The van der Waals surface area contributed by atoms with E-state index >= 15 is 0 Å². The van der Waals surface area contributed by atoms with E-state index in [0.29, 0.717) is 18.1 Å². The summed E-state index contributed by atoms with van der Waals surface area (Å²) in [5.74, 6) is 5.62. The van der Waals surface area contributed by atoms with Crippen LogP contribution < -0.4 is 11.3 Å². The van der Waals surface area contributed by atoms with Gasteiger partial charge in [-0.05, 0) is 34.5 Å². The number of hydrogen-bond acceptors (Lipinski definition) is 5. The van der Waals surface area contributed by atoms with Gasteiger partial charge in [0.2, 0.25) is 0 Å². The maximum atomic E-state index is 12.1. The lowest BCUT2D eigenvalue weighted by molar-refractivity contribution is 0.0779. The molecule has 5 nitrogen and oxygen atoms in total. The van der Waals surface area contributed by atoms with Gasteiger partial charge in [0.05, 0.1) is 0 Å². The Morgan fingerprint density at radius 1 is 1.50 bits per heavy atom. The van der Waals surface area contributed by atoms with Crippen molar-refractivity contribution in [2.75, 3.05) is 12.5 Å². The van der Waals surface area contributed by atoms with Crippen molar-refractivity contribution in [3.63, 3.8) is 0 Å². The number of thiophene rings is 1. The van der Waals surface area contributed by atoms with E-state index in [1.165, 1.54) is 0 Å². The van der Waals surface area contributed by atoms with Crippen molar-refractivity contribution in [3.05, 3.63) is 46.3 Å². The van der Waals surface area contributed by atoms with Gasteiger partial charge in [0.1, 0.15) is 11.5 Å². The number of amides is 1. The van der Waals surface area contributed by atoms with Gasteiger partial charge in [0, 0.05) is 13.6 Å². The number of nitrogens with two attached hydrogens (primary N) is 1. The van der Waals surface area contributed by atoms with Gasteiger partial charge in [-0.25, -0.2) is 10.8 Å². The van der Waals surface area contributed by atoms with Crippen LogP contribution in [0.25, 0.3) is 0 Å². The maximum absolute atomic E-state index is 12.1. The van der Waals surface area contributed by atoms with Crippen LogP contribution in [0.1, 0.15) is 16.1 Å². The van der Waals surface area contributed by atoms with E-state index < -0.39 is 0 Å². The second kappa shape index (κ2) is 5.61. The molecule has 94 valence electrons. The summed E-state index contributed by atoms with van der Waals surface area (Å²) in [4.78, 5) is 17.9. The van der Waals surface area contributed by atoms with Crippen LogP contribution in [-0.4, -0.2) is 22.8 Å². The van der Waals surface area contributed by atoms with E-state index in [4.69, 9.17) is 5.84 Å². The van der Waals surface area contributed by atoms with Gasteiger partial charge < -0.3 is 10.3 Å². The fourth-order valence-electron chi connectivity index (χ4n) is 1.56. The highest BCUT2D eigenvalue weighted by atomic mass is 32.1. The molecule has 2 heterocycles. The van der Waals surface area contributed by atoms with E-state index in [9.17, 15) is 4.79 Å². The molecule has 2 rings (SSSR count). The number of hydrogen-bond donors (Lipinski definition) is 2. The van der Waals surface area contributed by atoms with Gasteiger partial charge in [-0.15, -0.1) is 0 Å². The molecule has 3 N–H and O–H groups in total. The second-order valence-corrected chi connectivity index (χ2v) is 4.63. The van der Waals surface area contributed by atoms with Gasteiger partial charge in [-0.3, -0.25) is 4.79 Å². The fraction of sp³-hybridized carbons (Fsp3) is 0.167. The highest BCUT2D eigenvalue weighted by Crippen LogP contribution is 2.11. The fourth-order valence-corrected chi connectivity index (χ4v) is 2.22. The molecule has 0 saturated heterocycles. The van der Waals surface area contributed by atoms with Gasteiger partial charge in [0.15, 0.2) is 0 Å². The molecule has 1 amide bonds. The molecule has 6 heteroatoms. The minimum Gasteiger partial charge on any atom is -0.336 e. The first kappa shape index (κ1) is 12.5. The number of rotatable bonds is 4. The zero-order valence-corrected chi connectivity index (χ0v) is 10.8. The number of anilines is 1. The zero-order chi connectivity index (χ0) is 13.0. The summed E-state index contributed by atoms with van der Waals surface area (Å²) in [5, 5.41) is 4.01. The summed E-state index contributed by atoms with van der Waals surface area (Å²) in [6.07, 6.45) is 0. The summed E-state index contributed by atoms with van der Waals surface area (Å²) < 4.78 is 0. The van der Waals surface area contributed by atoms with E-state index in [1.54, 1.807) is 41.5 Å². The lowest BCUT2D eigenvalue weighted by Crippen LogP contribution is -2.27. The summed E-state index contributed by atoms with van der Waals surface area (Å²) in [7, 11) is 1.75. The van der Waals surface area contributed by atoms with E-state index in [0.717, 1.165) is 5.56 Å². The predicted octanol–water partition coefficient (Wildman–Crippen LogP) is 1.70. The molecule has 0 fully saturated rings.